The maximum absolute atomic E-state index is 12.8. The van der Waals surface area contributed by atoms with Crippen molar-refractivity contribution in [3.05, 3.63) is 91.8 Å². The molecule has 1 heterocycles. The fraction of sp³-hybridized carbons (Fsp3) is 0.0870. The lowest BCUT2D eigenvalue weighted by Gasteiger charge is -2.09. The van der Waals surface area contributed by atoms with Gasteiger partial charge in [-0.15, -0.1) is 11.3 Å². The molecule has 11 heteroatoms. The van der Waals surface area contributed by atoms with Crippen LogP contribution in [-0.4, -0.2) is 34.7 Å². The number of phenolic OH excluding ortho intramolecular Hbond substituents is 1. The number of hydrogen-bond acceptors (Lipinski definition) is 8. The summed E-state index contributed by atoms with van der Waals surface area (Å²) in [6.45, 7) is 1.84. The van der Waals surface area contributed by atoms with Crippen LogP contribution in [-0.2, 0) is 4.79 Å². The number of carbonyl (C=O) groups excluding carboxylic acids is 2. The molecule has 0 saturated heterocycles. The molecule has 0 saturated carbocycles. The van der Waals surface area contributed by atoms with Gasteiger partial charge in [-0.05, 0) is 36.6 Å². The van der Waals surface area contributed by atoms with Gasteiger partial charge in [0.1, 0.15) is 5.70 Å². The van der Waals surface area contributed by atoms with Crippen molar-refractivity contribution in [2.75, 3.05) is 6.61 Å². The molecule has 1 aromatic heterocycles. The molecule has 0 atom stereocenters. The van der Waals surface area contributed by atoms with Crippen molar-refractivity contribution in [2.24, 2.45) is 5.10 Å². The third-order valence-electron chi connectivity index (χ3n) is 4.33. The second kappa shape index (κ2) is 11.4. The molecule has 3 N–H and O–H groups in total. The zero-order valence-corrected chi connectivity index (χ0v) is 18.7. The number of thiophene rings is 1. The van der Waals surface area contributed by atoms with Gasteiger partial charge in [0.25, 0.3) is 17.5 Å². The lowest BCUT2D eigenvalue weighted by Crippen LogP contribution is -2.32. The van der Waals surface area contributed by atoms with E-state index in [1.165, 1.54) is 17.4 Å². The van der Waals surface area contributed by atoms with Gasteiger partial charge in [-0.2, -0.15) is 5.10 Å². The summed E-state index contributed by atoms with van der Waals surface area (Å²) >= 11 is 1.37. The summed E-state index contributed by atoms with van der Waals surface area (Å²) in [7, 11) is 0. The topological polar surface area (TPSA) is 143 Å². The van der Waals surface area contributed by atoms with Gasteiger partial charge in [0, 0.05) is 22.1 Å². The zero-order chi connectivity index (χ0) is 24.5. The fourth-order valence-electron chi connectivity index (χ4n) is 2.76. The van der Waals surface area contributed by atoms with Crippen LogP contribution in [0.3, 0.4) is 0 Å². The molecule has 0 aliphatic rings. The highest BCUT2D eigenvalue weighted by Crippen LogP contribution is 2.33. The standard InChI is InChI=1S/C23H20N4O6S/c1-2-33-20-12-17(27(31)32)11-16(21(20)28)14-24-26-23(30)19(13-18-9-6-10-34-18)25-22(29)15-7-4-3-5-8-15/h3-14,28H,2H2,1H3,(H,25,29)(H,26,30)/b19-13?,24-14+. The van der Waals surface area contributed by atoms with Crippen LogP contribution in [0.1, 0.15) is 27.7 Å². The molecule has 174 valence electrons. The van der Waals surface area contributed by atoms with E-state index in [1.807, 2.05) is 5.38 Å². The molecule has 0 fully saturated rings. The number of amides is 2. The molecule has 0 unspecified atom stereocenters. The summed E-state index contributed by atoms with van der Waals surface area (Å²) in [5, 5.41) is 29.6. The molecule has 0 spiro atoms. The van der Waals surface area contributed by atoms with Crippen LogP contribution in [0.25, 0.3) is 6.08 Å². The summed E-state index contributed by atoms with van der Waals surface area (Å²) < 4.78 is 5.22. The molecule has 3 aromatic rings. The minimum atomic E-state index is -0.733. The molecular weight excluding hydrogens is 460 g/mol. The molecule has 0 aliphatic carbocycles. The smallest absolute Gasteiger partial charge is 0.287 e. The van der Waals surface area contributed by atoms with Gasteiger partial charge in [0.2, 0.25) is 0 Å². The van der Waals surface area contributed by atoms with Crippen LogP contribution in [0, 0.1) is 10.1 Å². The predicted molar refractivity (Wildman–Crippen MR) is 128 cm³/mol. The monoisotopic (exact) mass is 480 g/mol. The summed E-state index contributed by atoms with van der Waals surface area (Å²) in [5.74, 6) is -1.67. The maximum atomic E-state index is 12.8. The lowest BCUT2D eigenvalue weighted by atomic mass is 10.1. The second-order valence-electron chi connectivity index (χ2n) is 6.66. The number of aromatic hydroxyl groups is 1. The number of nitro groups is 1. The second-order valence-corrected chi connectivity index (χ2v) is 7.64. The number of ether oxygens (including phenoxy) is 1. The van der Waals surface area contributed by atoms with Crippen LogP contribution >= 0.6 is 11.3 Å². The Morgan fingerprint density at radius 1 is 1.21 bits per heavy atom. The van der Waals surface area contributed by atoms with E-state index >= 15 is 0 Å². The summed E-state index contributed by atoms with van der Waals surface area (Å²) in [4.78, 5) is 36.6. The van der Waals surface area contributed by atoms with E-state index in [0.29, 0.717) is 5.56 Å². The Balaban J connectivity index is 1.82. The van der Waals surface area contributed by atoms with Crippen LogP contribution in [0.5, 0.6) is 11.5 Å². The van der Waals surface area contributed by atoms with Crippen molar-refractivity contribution >= 4 is 41.1 Å². The Morgan fingerprint density at radius 3 is 2.62 bits per heavy atom. The number of phenols is 1. The number of hydrazone groups is 1. The van der Waals surface area contributed by atoms with Crippen molar-refractivity contribution in [1.82, 2.24) is 10.7 Å². The first-order chi connectivity index (χ1) is 16.4. The molecule has 2 aromatic carbocycles. The Hall–Kier alpha value is -4.51. The first-order valence-electron chi connectivity index (χ1n) is 9.98. The van der Waals surface area contributed by atoms with Crippen molar-refractivity contribution in [3.63, 3.8) is 0 Å². The molecule has 2 amide bonds. The van der Waals surface area contributed by atoms with E-state index in [2.05, 4.69) is 15.8 Å². The first-order valence-corrected chi connectivity index (χ1v) is 10.9. The molecule has 34 heavy (non-hydrogen) atoms. The lowest BCUT2D eigenvalue weighted by molar-refractivity contribution is -0.385. The Kier molecular flexibility index (Phi) is 8.08. The largest absolute Gasteiger partial charge is 0.504 e. The third-order valence-corrected chi connectivity index (χ3v) is 5.15. The van der Waals surface area contributed by atoms with E-state index in [9.17, 15) is 24.8 Å². The number of rotatable bonds is 9. The summed E-state index contributed by atoms with van der Waals surface area (Å²) in [5.41, 5.74) is 2.21. The Bertz CT molecular complexity index is 1240. The van der Waals surface area contributed by atoms with Crippen LogP contribution < -0.4 is 15.5 Å². The molecule has 3 rings (SSSR count). The van der Waals surface area contributed by atoms with Gasteiger partial charge in [-0.25, -0.2) is 5.43 Å². The predicted octanol–water partition coefficient (Wildman–Crippen LogP) is 3.68. The van der Waals surface area contributed by atoms with Gasteiger partial charge in [0.15, 0.2) is 11.5 Å². The number of non-ortho nitro benzene ring substituents is 1. The van der Waals surface area contributed by atoms with Gasteiger partial charge in [-0.3, -0.25) is 19.7 Å². The first kappa shape index (κ1) is 24.1. The Labute approximate surface area is 198 Å². The molecule has 0 bridgehead atoms. The highest BCUT2D eigenvalue weighted by molar-refractivity contribution is 7.10. The van der Waals surface area contributed by atoms with E-state index in [0.717, 1.165) is 23.2 Å². The summed E-state index contributed by atoms with van der Waals surface area (Å²) in [6.07, 6.45) is 2.54. The zero-order valence-electron chi connectivity index (χ0n) is 17.9. The van der Waals surface area contributed by atoms with Gasteiger partial charge in [0.05, 0.1) is 23.8 Å². The number of benzene rings is 2. The number of nitro benzene ring substituents is 1. The van der Waals surface area contributed by atoms with E-state index < -0.39 is 16.7 Å². The number of carbonyl (C=O) groups is 2. The van der Waals surface area contributed by atoms with Crippen LogP contribution in [0.15, 0.2) is 70.8 Å². The Morgan fingerprint density at radius 2 is 1.97 bits per heavy atom. The molecule has 10 nitrogen and oxygen atoms in total. The average molecular weight is 481 g/mol. The minimum absolute atomic E-state index is 0.0324. The summed E-state index contributed by atoms with van der Waals surface area (Å²) in [6, 6.07) is 14.1. The maximum Gasteiger partial charge on any atom is 0.287 e. The fourth-order valence-corrected chi connectivity index (χ4v) is 3.42. The minimum Gasteiger partial charge on any atom is -0.504 e. The normalized spacial score (nSPS) is 11.3. The van der Waals surface area contributed by atoms with E-state index in [-0.39, 0.29) is 35.1 Å². The number of nitrogens with zero attached hydrogens (tertiary/aromatic N) is 2. The van der Waals surface area contributed by atoms with Crippen LogP contribution in [0.4, 0.5) is 5.69 Å². The van der Waals surface area contributed by atoms with Crippen molar-refractivity contribution < 1.29 is 24.4 Å². The third kappa shape index (κ3) is 6.26. The van der Waals surface area contributed by atoms with Gasteiger partial charge >= 0.3 is 0 Å². The SMILES string of the molecule is CCOc1cc([N+](=O)[O-])cc(/C=N/NC(=O)C(=Cc2cccs2)NC(=O)c2ccccc2)c1O. The van der Waals surface area contributed by atoms with Gasteiger partial charge in [-0.1, -0.05) is 24.3 Å². The van der Waals surface area contributed by atoms with E-state index in [4.69, 9.17) is 4.74 Å². The highest BCUT2D eigenvalue weighted by Gasteiger charge is 2.17. The van der Waals surface area contributed by atoms with Crippen LogP contribution in [0.2, 0.25) is 0 Å². The molecule has 0 aliphatic heterocycles. The highest BCUT2D eigenvalue weighted by atomic mass is 32.1. The quantitative estimate of drug-likeness (QED) is 0.184. The number of nitrogens with one attached hydrogen (secondary N) is 2. The van der Waals surface area contributed by atoms with Crippen molar-refractivity contribution in [1.29, 1.82) is 0 Å². The van der Waals surface area contributed by atoms with Crippen molar-refractivity contribution in [2.45, 2.75) is 6.92 Å². The molecular formula is C23H20N4O6S. The number of hydrogen-bond donors (Lipinski definition) is 3. The van der Waals surface area contributed by atoms with E-state index in [1.54, 1.807) is 49.4 Å². The van der Waals surface area contributed by atoms with Crippen molar-refractivity contribution in [3.8, 4) is 11.5 Å². The molecule has 0 radical (unpaired) electrons. The van der Waals surface area contributed by atoms with Gasteiger partial charge < -0.3 is 15.2 Å². The average Bonchev–Trinajstić information content (AvgIpc) is 3.34.